The molecule has 5 nitrogen and oxygen atoms in total. The number of hydrogen-bond acceptors (Lipinski definition) is 2. The Morgan fingerprint density at radius 1 is 1.00 bits per heavy atom. The first-order valence-electron chi connectivity index (χ1n) is 6.65. The zero-order valence-electron chi connectivity index (χ0n) is 11.5. The summed E-state index contributed by atoms with van der Waals surface area (Å²) in [6.45, 7) is 0. The fourth-order valence-electron chi connectivity index (χ4n) is 1.96. The van der Waals surface area contributed by atoms with Gasteiger partial charge in [-0.05, 0) is 24.3 Å². The fraction of sp³-hybridized carbons (Fsp3) is 0. The number of nitrogens with zero attached hydrogens (tertiary/aromatic N) is 2. The number of para-hydroxylation sites is 2. The first kappa shape index (κ1) is 14.2. The highest BCUT2D eigenvalue weighted by Gasteiger charge is 2.07. The predicted molar refractivity (Wildman–Crippen MR) is 87.7 cm³/mol. The molecule has 0 bridgehead atoms. The molecule has 110 valence electrons. The monoisotopic (exact) mass is 312 g/mol. The lowest BCUT2D eigenvalue weighted by Crippen LogP contribution is -2.19. The third-order valence-electron chi connectivity index (χ3n) is 2.98. The van der Waals surface area contributed by atoms with Crippen LogP contribution in [0.5, 0.6) is 0 Å². The zero-order chi connectivity index (χ0) is 15.4. The molecule has 0 aliphatic heterocycles. The molecule has 22 heavy (non-hydrogen) atoms. The van der Waals surface area contributed by atoms with Gasteiger partial charge in [0.05, 0.1) is 34.5 Å². The Bertz CT molecular complexity index is 786. The minimum Gasteiger partial charge on any atom is -0.306 e. The number of anilines is 2. The second kappa shape index (κ2) is 6.32. The molecule has 3 aromatic rings. The van der Waals surface area contributed by atoms with Crippen molar-refractivity contribution in [2.45, 2.75) is 0 Å². The molecule has 0 atom stereocenters. The summed E-state index contributed by atoms with van der Waals surface area (Å²) >= 11 is 6.00. The second-order valence-electron chi connectivity index (χ2n) is 4.57. The molecule has 2 amide bonds. The summed E-state index contributed by atoms with van der Waals surface area (Å²) < 4.78 is 1.69. The van der Waals surface area contributed by atoms with Gasteiger partial charge in [0.1, 0.15) is 0 Å². The molecule has 0 saturated carbocycles. The summed E-state index contributed by atoms with van der Waals surface area (Å²) in [5.41, 5.74) is 2.06. The van der Waals surface area contributed by atoms with E-state index in [0.29, 0.717) is 16.4 Å². The summed E-state index contributed by atoms with van der Waals surface area (Å²) in [7, 11) is 0. The summed E-state index contributed by atoms with van der Waals surface area (Å²) in [4.78, 5) is 12.0. The van der Waals surface area contributed by atoms with E-state index >= 15 is 0 Å². The Kier molecular flexibility index (Phi) is 4.07. The van der Waals surface area contributed by atoms with E-state index in [1.54, 1.807) is 41.3 Å². The maximum atomic E-state index is 12.0. The van der Waals surface area contributed by atoms with E-state index in [1.165, 1.54) is 0 Å². The highest BCUT2D eigenvalue weighted by Crippen LogP contribution is 2.20. The van der Waals surface area contributed by atoms with Gasteiger partial charge in [0.15, 0.2) is 0 Å². The van der Waals surface area contributed by atoms with Crippen LogP contribution in [0, 0.1) is 0 Å². The minimum absolute atomic E-state index is 0.374. The van der Waals surface area contributed by atoms with Gasteiger partial charge in [0, 0.05) is 0 Å². The van der Waals surface area contributed by atoms with Gasteiger partial charge in [-0.25, -0.2) is 9.48 Å². The molecular formula is C16H13ClN4O. The van der Waals surface area contributed by atoms with Gasteiger partial charge < -0.3 is 10.6 Å². The van der Waals surface area contributed by atoms with Crippen LogP contribution in [0.3, 0.4) is 0 Å². The van der Waals surface area contributed by atoms with E-state index in [2.05, 4.69) is 15.7 Å². The highest BCUT2D eigenvalue weighted by atomic mass is 35.5. The van der Waals surface area contributed by atoms with Crippen molar-refractivity contribution in [2.24, 2.45) is 0 Å². The number of amides is 2. The molecule has 1 aromatic heterocycles. The molecule has 0 radical (unpaired) electrons. The van der Waals surface area contributed by atoms with Gasteiger partial charge in [-0.3, -0.25) is 0 Å². The second-order valence-corrected chi connectivity index (χ2v) is 4.98. The van der Waals surface area contributed by atoms with Gasteiger partial charge in [-0.1, -0.05) is 41.9 Å². The van der Waals surface area contributed by atoms with E-state index in [9.17, 15) is 4.79 Å². The van der Waals surface area contributed by atoms with E-state index in [-0.39, 0.29) is 6.03 Å². The summed E-state index contributed by atoms with van der Waals surface area (Å²) in [6, 6.07) is 16.3. The Morgan fingerprint density at radius 2 is 1.73 bits per heavy atom. The summed E-state index contributed by atoms with van der Waals surface area (Å²) in [6.07, 6.45) is 3.32. The molecular weight excluding hydrogens is 300 g/mol. The largest absolute Gasteiger partial charge is 0.323 e. The molecule has 0 saturated heterocycles. The van der Waals surface area contributed by atoms with Crippen LogP contribution in [0.25, 0.3) is 5.69 Å². The molecule has 0 aliphatic rings. The average Bonchev–Trinajstić information content (AvgIpc) is 2.99. The quantitative estimate of drug-likeness (QED) is 0.762. The lowest BCUT2D eigenvalue weighted by Gasteiger charge is -2.07. The van der Waals surface area contributed by atoms with Crippen molar-refractivity contribution in [1.82, 2.24) is 9.78 Å². The topological polar surface area (TPSA) is 59.0 Å². The van der Waals surface area contributed by atoms with Crippen molar-refractivity contribution in [3.05, 3.63) is 72.0 Å². The minimum atomic E-state index is -0.374. The number of urea groups is 1. The molecule has 2 aromatic carbocycles. The standard InChI is InChI=1S/C16H13ClN4O/c17-14-8-4-5-9-15(14)20-16(22)19-12-10-18-21(11-12)13-6-2-1-3-7-13/h1-11H,(H2,19,20,22). The van der Waals surface area contributed by atoms with Crippen molar-refractivity contribution in [3.8, 4) is 5.69 Å². The number of carbonyl (C=O) groups is 1. The van der Waals surface area contributed by atoms with Gasteiger partial charge in [-0.15, -0.1) is 0 Å². The molecule has 0 aliphatic carbocycles. The first-order valence-corrected chi connectivity index (χ1v) is 7.03. The third-order valence-corrected chi connectivity index (χ3v) is 3.31. The van der Waals surface area contributed by atoms with Gasteiger partial charge in [-0.2, -0.15) is 5.10 Å². The SMILES string of the molecule is O=C(Nc1cnn(-c2ccccc2)c1)Nc1ccccc1Cl. The van der Waals surface area contributed by atoms with Gasteiger partial charge in [0.2, 0.25) is 0 Å². The Hall–Kier alpha value is -2.79. The maximum Gasteiger partial charge on any atom is 0.323 e. The maximum absolute atomic E-state index is 12.0. The van der Waals surface area contributed by atoms with Gasteiger partial charge >= 0.3 is 6.03 Å². The van der Waals surface area contributed by atoms with Crippen LogP contribution < -0.4 is 10.6 Å². The first-order chi connectivity index (χ1) is 10.7. The van der Waals surface area contributed by atoms with E-state index in [4.69, 9.17) is 11.6 Å². The summed E-state index contributed by atoms with van der Waals surface area (Å²) in [5.74, 6) is 0. The Morgan fingerprint density at radius 3 is 2.50 bits per heavy atom. The zero-order valence-corrected chi connectivity index (χ0v) is 12.3. The summed E-state index contributed by atoms with van der Waals surface area (Å²) in [5, 5.41) is 10.1. The van der Waals surface area contributed by atoms with Crippen LogP contribution in [-0.2, 0) is 0 Å². The number of rotatable bonds is 3. The smallest absolute Gasteiger partial charge is 0.306 e. The molecule has 0 fully saturated rings. The van der Waals surface area contributed by atoms with E-state index in [0.717, 1.165) is 5.69 Å². The fourth-order valence-corrected chi connectivity index (χ4v) is 2.14. The van der Waals surface area contributed by atoms with Crippen molar-refractivity contribution in [1.29, 1.82) is 0 Å². The highest BCUT2D eigenvalue weighted by molar-refractivity contribution is 6.33. The lowest BCUT2D eigenvalue weighted by atomic mass is 10.3. The number of aromatic nitrogens is 2. The van der Waals surface area contributed by atoms with Gasteiger partial charge in [0.25, 0.3) is 0 Å². The van der Waals surface area contributed by atoms with Crippen LogP contribution >= 0.6 is 11.6 Å². The number of halogens is 1. The van der Waals surface area contributed by atoms with Crippen LogP contribution in [-0.4, -0.2) is 15.8 Å². The van der Waals surface area contributed by atoms with Crippen LogP contribution in [0.2, 0.25) is 5.02 Å². The molecule has 3 rings (SSSR count). The Labute approximate surface area is 132 Å². The average molecular weight is 313 g/mol. The predicted octanol–water partition coefficient (Wildman–Crippen LogP) is 4.17. The number of nitrogens with one attached hydrogen (secondary N) is 2. The van der Waals surface area contributed by atoms with E-state index < -0.39 is 0 Å². The third kappa shape index (κ3) is 3.27. The molecule has 1 heterocycles. The molecule has 6 heteroatoms. The normalized spacial score (nSPS) is 10.2. The van der Waals surface area contributed by atoms with Crippen molar-refractivity contribution >= 4 is 29.0 Å². The number of benzene rings is 2. The van der Waals surface area contributed by atoms with Crippen molar-refractivity contribution < 1.29 is 4.79 Å². The van der Waals surface area contributed by atoms with E-state index in [1.807, 2.05) is 30.3 Å². The van der Waals surface area contributed by atoms with Crippen molar-refractivity contribution in [3.63, 3.8) is 0 Å². The van der Waals surface area contributed by atoms with Crippen molar-refractivity contribution in [2.75, 3.05) is 10.6 Å². The number of carbonyl (C=O) groups excluding carboxylic acids is 1. The van der Waals surface area contributed by atoms with Crippen LogP contribution in [0.4, 0.5) is 16.2 Å². The Balaban J connectivity index is 1.68. The molecule has 2 N–H and O–H groups in total. The lowest BCUT2D eigenvalue weighted by molar-refractivity contribution is 0.262. The molecule has 0 unspecified atom stereocenters. The number of hydrogen-bond donors (Lipinski definition) is 2. The van der Waals surface area contributed by atoms with Crippen LogP contribution in [0.1, 0.15) is 0 Å². The molecule has 0 spiro atoms. The van der Waals surface area contributed by atoms with Crippen LogP contribution in [0.15, 0.2) is 67.0 Å².